The molecule has 0 radical (unpaired) electrons. The molecule has 1 aromatic rings. The second kappa shape index (κ2) is 8.95. The predicted octanol–water partition coefficient (Wildman–Crippen LogP) is 6.74. The lowest BCUT2D eigenvalue weighted by molar-refractivity contribution is -0.122. The number of hydrogen-bond acceptors (Lipinski definition) is 2. The third kappa shape index (κ3) is 3.76. The van der Waals surface area contributed by atoms with Crippen molar-refractivity contribution in [2.75, 3.05) is 21.1 Å². The Hall–Kier alpha value is -1.35. The monoisotopic (exact) mass is 464 g/mol. The van der Waals surface area contributed by atoms with E-state index in [2.05, 4.69) is 44.7 Å². The fraction of sp³-hybridized carbons (Fsp3) is 0.774. The minimum Gasteiger partial charge on any atom is -0.339 e. The van der Waals surface area contributed by atoms with Gasteiger partial charge >= 0.3 is 0 Å². The van der Waals surface area contributed by atoms with Crippen molar-refractivity contribution >= 4 is 5.91 Å². The van der Waals surface area contributed by atoms with Crippen molar-refractivity contribution in [2.45, 2.75) is 90.6 Å². The molecule has 0 spiro atoms. The summed E-state index contributed by atoms with van der Waals surface area (Å²) >= 11 is 0. The lowest BCUT2D eigenvalue weighted by Gasteiger charge is -2.62. The van der Waals surface area contributed by atoms with Gasteiger partial charge in [0.25, 0.3) is 5.91 Å². The van der Waals surface area contributed by atoms with Crippen LogP contribution in [0.15, 0.2) is 30.3 Å². The van der Waals surface area contributed by atoms with Crippen LogP contribution >= 0.6 is 0 Å². The van der Waals surface area contributed by atoms with Gasteiger partial charge in [-0.1, -0.05) is 32.0 Å². The Bertz CT molecular complexity index is 883. The highest BCUT2D eigenvalue weighted by Crippen LogP contribution is 2.68. The topological polar surface area (TPSA) is 23.6 Å². The molecule has 0 aliphatic heterocycles. The summed E-state index contributed by atoms with van der Waals surface area (Å²) in [6.07, 6.45) is 12.2. The van der Waals surface area contributed by atoms with Gasteiger partial charge in [-0.25, -0.2) is 0 Å². The average molecular weight is 465 g/mol. The smallest absolute Gasteiger partial charge is 0.253 e. The summed E-state index contributed by atoms with van der Waals surface area (Å²) in [7, 11) is 6.60. The van der Waals surface area contributed by atoms with Gasteiger partial charge in [0, 0.05) is 24.7 Å². The Morgan fingerprint density at radius 3 is 2.26 bits per heavy atom. The molecule has 3 nitrogen and oxygen atoms in total. The number of benzene rings is 1. The van der Waals surface area contributed by atoms with Gasteiger partial charge in [0.2, 0.25) is 0 Å². The summed E-state index contributed by atoms with van der Waals surface area (Å²) in [6.45, 7) is 7.79. The quantitative estimate of drug-likeness (QED) is 0.493. The maximum absolute atomic E-state index is 13.1. The number of nitrogens with zero attached hydrogens (tertiary/aromatic N) is 2. The molecule has 3 heteroatoms. The van der Waals surface area contributed by atoms with Gasteiger partial charge < -0.3 is 9.80 Å². The highest BCUT2D eigenvalue weighted by Gasteiger charge is 2.61. The fourth-order valence-electron chi connectivity index (χ4n) is 9.73. The largest absolute Gasteiger partial charge is 0.339 e. The van der Waals surface area contributed by atoms with Crippen LogP contribution in [0.25, 0.3) is 0 Å². The van der Waals surface area contributed by atoms with Gasteiger partial charge in [0.05, 0.1) is 0 Å². The van der Waals surface area contributed by atoms with E-state index in [4.69, 9.17) is 0 Å². The Morgan fingerprint density at radius 2 is 1.56 bits per heavy atom. The van der Waals surface area contributed by atoms with Gasteiger partial charge in [-0.3, -0.25) is 4.79 Å². The third-order valence-electron chi connectivity index (χ3n) is 12.0. The van der Waals surface area contributed by atoms with E-state index in [1.54, 1.807) is 0 Å². The van der Waals surface area contributed by atoms with E-state index < -0.39 is 0 Å². The molecule has 1 aromatic carbocycles. The number of carbonyl (C=O) groups excluding carboxylic acids is 1. The number of amides is 1. The van der Waals surface area contributed by atoms with Crippen LogP contribution in [0.2, 0.25) is 0 Å². The summed E-state index contributed by atoms with van der Waals surface area (Å²) in [6, 6.07) is 10.9. The number of fused-ring (bicyclic) bond motifs is 5. The minimum atomic E-state index is 0.198. The highest BCUT2D eigenvalue weighted by molar-refractivity contribution is 5.94. The molecule has 9 atom stereocenters. The number of hydrogen-bond donors (Lipinski definition) is 0. The Balaban J connectivity index is 1.30. The Kier molecular flexibility index (Phi) is 6.41. The molecule has 4 aliphatic carbocycles. The Morgan fingerprint density at radius 1 is 0.882 bits per heavy atom. The standard InChI is InChI=1S/C31H48N2O/c1-21(32(4)5)26-14-15-27-25-13-12-23-20-24(33(6)29(34)22-10-8-7-9-11-22)16-18-30(23,2)28(25)17-19-31(26,27)3/h7-11,21,23-28H,12-20H2,1-6H3/t21-,23?,24-,25-,26+,27-,28-,30-,31+/m0/s1. The van der Waals surface area contributed by atoms with Crippen molar-refractivity contribution in [1.82, 2.24) is 9.80 Å². The molecule has 4 saturated carbocycles. The van der Waals surface area contributed by atoms with Crippen LogP contribution in [0.1, 0.15) is 88.9 Å². The molecule has 0 heterocycles. The number of rotatable bonds is 4. The fourth-order valence-corrected chi connectivity index (χ4v) is 9.73. The molecule has 0 aromatic heterocycles. The minimum absolute atomic E-state index is 0.198. The van der Waals surface area contributed by atoms with Crippen molar-refractivity contribution < 1.29 is 4.79 Å². The molecule has 4 aliphatic rings. The van der Waals surface area contributed by atoms with Crippen LogP contribution in [-0.2, 0) is 0 Å². The molecule has 1 amide bonds. The lowest BCUT2D eigenvalue weighted by Crippen LogP contribution is -2.56. The molecule has 1 unspecified atom stereocenters. The summed E-state index contributed by atoms with van der Waals surface area (Å²) in [5.74, 6) is 4.58. The van der Waals surface area contributed by atoms with Gasteiger partial charge in [-0.15, -0.1) is 0 Å². The van der Waals surface area contributed by atoms with Crippen LogP contribution in [-0.4, -0.2) is 48.9 Å². The van der Waals surface area contributed by atoms with E-state index in [-0.39, 0.29) is 5.91 Å². The van der Waals surface area contributed by atoms with Crippen molar-refractivity contribution in [3.63, 3.8) is 0 Å². The second-order valence-corrected chi connectivity index (χ2v) is 13.3. The Labute approximate surface area is 208 Å². The van der Waals surface area contributed by atoms with Crippen molar-refractivity contribution in [2.24, 2.45) is 40.4 Å². The van der Waals surface area contributed by atoms with E-state index in [9.17, 15) is 4.79 Å². The SMILES string of the molecule is C[C@@H]([C@H]1CC[C@H]2[C@@H]3CCC4C[C@@H](N(C)C(=O)c5ccccc5)CC[C@]4(C)[C@H]3CC[C@]12C)N(C)C. The van der Waals surface area contributed by atoms with E-state index in [0.29, 0.717) is 22.9 Å². The van der Waals surface area contributed by atoms with Gasteiger partial charge in [0.15, 0.2) is 0 Å². The first-order valence-electron chi connectivity index (χ1n) is 14.2. The molecular weight excluding hydrogens is 416 g/mol. The summed E-state index contributed by atoms with van der Waals surface area (Å²) in [5, 5.41) is 0. The summed E-state index contributed by atoms with van der Waals surface area (Å²) in [4.78, 5) is 17.7. The van der Waals surface area contributed by atoms with Crippen molar-refractivity contribution in [3.05, 3.63) is 35.9 Å². The molecular formula is C31H48N2O. The molecule has 0 N–H and O–H groups in total. The first-order valence-corrected chi connectivity index (χ1v) is 14.2. The molecule has 34 heavy (non-hydrogen) atoms. The average Bonchev–Trinajstić information content (AvgIpc) is 3.19. The zero-order valence-electron chi connectivity index (χ0n) is 22.6. The highest BCUT2D eigenvalue weighted by atomic mass is 16.2. The molecule has 0 bridgehead atoms. The molecule has 5 rings (SSSR count). The van der Waals surface area contributed by atoms with Crippen LogP contribution in [0.4, 0.5) is 0 Å². The van der Waals surface area contributed by atoms with E-state index >= 15 is 0 Å². The summed E-state index contributed by atoms with van der Waals surface area (Å²) in [5.41, 5.74) is 1.84. The third-order valence-corrected chi connectivity index (χ3v) is 12.0. The predicted molar refractivity (Wildman–Crippen MR) is 141 cm³/mol. The first-order chi connectivity index (χ1) is 16.2. The van der Waals surface area contributed by atoms with E-state index in [1.807, 2.05) is 37.4 Å². The van der Waals surface area contributed by atoms with Crippen LogP contribution in [0, 0.1) is 40.4 Å². The van der Waals surface area contributed by atoms with Crippen LogP contribution in [0.5, 0.6) is 0 Å². The normalized spacial score (nSPS) is 42.4. The van der Waals surface area contributed by atoms with Gasteiger partial charge in [0.1, 0.15) is 0 Å². The molecule has 4 fully saturated rings. The zero-order valence-corrected chi connectivity index (χ0v) is 22.6. The molecule has 188 valence electrons. The van der Waals surface area contributed by atoms with Gasteiger partial charge in [-0.05, 0) is 131 Å². The first kappa shape index (κ1) is 24.3. The maximum atomic E-state index is 13.1. The van der Waals surface area contributed by atoms with Crippen LogP contribution < -0.4 is 0 Å². The van der Waals surface area contributed by atoms with E-state index in [0.717, 1.165) is 35.2 Å². The lowest BCUT2D eigenvalue weighted by atomic mass is 9.44. The second-order valence-electron chi connectivity index (χ2n) is 13.3. The van der Waals surface area contributed by atoms with Crippen molar-refractivity contribution in [3.8, 4) is 0 Å². The van der Waals surface area contributed by atoms with Crippen LogP contribution in [0.3, 0.4) is 0 Å². The molecule has 0 saturated heterocycles. The number of carbonyl (C=O) groups is 1. The van der Waals surface area contributed by atoms with Gasteiger partial charge in [-0.2, -0.15) is 0 Å². The summed E-state index contributed by atoms with van der Waals surface area (Å²) < 4.78 is 0. The maximum Gasteiger partial charge on any atom is 0.253 e. The van der Waals surface area contributed by atoms with E-state index in [1.165, 1.54) is 57.8 Å². The zero-order chi connectivity index (χ0) is 24.3. The van der Waals surface area contributed by atoms with Crippen molar-refractivity contribution in [1.29, 1.82) is 0 Å².